The van der Waals surface area contributed by atoms with E-state index in [9.17, 15) is 5.11 Å². The second-order valence-electron chi connectivity index (χ2n) is 7.01. The highest BCUT2D eigenvalue weighted by Crippen LogP contribution is 2.26. The second-order valence-corrected chi connectivity index (χ2v) is 7.01. The summed E-state index contributed by atoms with van der Waals surface area (Å²) in [6, 6.07) is 3.94. The molecule has 1 saturated carbocycles. The minimum atomic E-state index is -0.358. The number of pyridine rings is 1. The molecular formula is C17H28N2O2. The van der Waals surface area contributed by atoms with Crippen LogP contribution in [0.4, 0.5) is 0 Å². The molecule has 1 aromatic rings. The summed E-state index contributed by atoms with van der Waals surface area (Å²) in [4.78, 5) is 4.60. The predicted molar refractivity (Wildman–Crippen MR) is 84.5 cm³/mol. The molecule has 0 amide bonds. The summed E-state index contributed by atoms with van der Waals surface area (Å²) >= 11 is 0. The van der Waals surface area contributed by atoms with E-state index in [1.807, 2.05) is 19.1 Å². The maximum atomic E-state index is 10.1. The lowest BCUT2D eigenvalue weighted by molar-refractivity contribution is 0.00607. The Morgan fingerprint density at radius 3 is 2.67 bits per heavy atom. The van der Waals surface area contributed by atoms with E-state index in [1.54, 1.807) is 0 Å². The summed E-state index contributed by atoms with van der Waals surface area (Å²) in [5.74, 6) is 0.795. The monoisotopic (exact) mass is 292 g/mol. The highest BCUT2D eigenvalue weighted by atomic mass is 16.5. The van der Waals surface area contributed by atoms with E-state index >= 15 is 0 Å². The first kappa shape index (κ1) is 16.2. The Morgan fingerprint density at radius 2 is 2.00 bits per heavy atom. The lowest BCUT2D eigenvalue weighted by atomic mass is 9.95. The van der Waals surface area contributed by atoms with Gasteiger partial charge in [-0.3, -0.25) is 4.98 Å². The first-order chi connectivity index (χ1) is 9.85. The Labute approximate surface area is 127 Å². The van der Waals surface area contributed by atoms with Gasteiger partial charge in [0.1, 0.15) is 11.9 Å². The molecule has 2 N–H and O–H groups in total. The fourth-order valence-electron chi connectivity index (χ4n) is 2.56. The molecule has 0 saturated heterocycles. The van der Waals surface area contributed by atoms with Gasteiger partial charge in [-0.1, -0.05) is 6.42 Å². The van der Waals surface area contributed by atoms with E-state index in [-0.39, 0.29) is 17.7 Å². The molecular weight excluding hydrogens is 264 g/mol. The van der Waals surface area contributed by atoms with E-state index in [4.69, 9.17) is 4.74 Å². The number of aryl methyl sites for hydroxylation is 1. The average Bonchev–Trinajstić information content (AvgIpc) is 2.40. The maximum absolute atomic E-state index is 10.1. The molecule has 0 bridgehead atoms. The summed E-state index contributed by atoms with van der Waals surface area (Å²) in [5, 5.41) is 13.5. The van der Waals surface area contributed by atoms with Gasteiger partial charge < -0.3 is 15.2 Å². The van der Waals surface area contributed by atoms with Crippen LogP contribution in [0.15, 0.2) is 12.1 Å². The molecule has 0 aliphatic heterocycles. The normalized spacial score (nSPS) is 23.1. The van der Waals surface area contributed by atoms with Crippen LogP contribution < -0.4 is 10.1 Å². The Balaban J connectivity index is 2.10. The van der Waals surface area contributed by atoms with Gasteiger partial charge in [0.25, 0.3) is 0 Å². The summed E-state index contributed by atoms with van der Waals surface area (Å²) < 4.78 is 6.07. The molecule has 0 aromatic carbocycles. The van der Waals surface area contributed by atoms with E-state index in [2.05, 4.69) is 31.1 Å². The van der Waals surface area contributed by atoms with Crippen LogP contribution in [0.2, 0.25) is 0 Å². The molecule has 118 valence electrons. The van der Waals surface area contributed by atoms with Crippen molar-refractivity contribution in [1.29, 1.82) is 0 Å². The van der Waals surface area contributed by atoms with Crippen LogP contribution >= 0.6 is 0 Å². The van der Waals surface area contributed by atoms with E-state index in [0.717, 1.165) is 42.8 Å². The van der Waals surface area contributed by atoms with Crippen LogP contribution in [0.1, 0.15) is 57.8 Å². The van der Waals surface area contributed by atoms with E-state index in [0.29, 0.717) is 6.54 Å². The number of hydrogen-bond acceptors (Lipinski definition) is 4. The third-order valence-corrected chi connectivity index (χ3v) is 3.80. The highest BCUT2D eigenvalue weighted by molar-refractivity contribution is 5.29. The molecule has 2 unspecified atom stereocenters. The van der Waals surface area contributed by atoms with Crippen molar-refractivity contribution in [3.8, 4) is 5.75 Å². The van der Waals surface area contributed by atoms with Crippen molar-refractivity contribution in [1.82, 2.24) is 10.3 Å². The molecule has 1 heterocycles. The third-order valence-electron chi connectivity index (χ3n) is 3.80. The number of aliphatic hydroxyl groups excluding tert-OH is 1. The van der Waals surface area contributed by atoms with Crippen molar-refractivity contribution in [2.75, 3.05) is 0 Å². The summed E-state index contributed by atoms with van der Waals surface area (Å²) in [6.07, 6.45) is 3.50. The van der Waals surface area contributed by atoms with Crippen LogP contribution in [-0.4, -0.2) is 27.8 Å². The molecule has 1 aliphatic carbocycles. The second kappa shape index (κ2) is 6.75. The zero-order valence-electron chi connectivity index (χ0n) is 13.6. The number of aliphatic hydroxyl groups is 1. The van der Waals surface area contributed by atoms with Crippen molar-refractivity contribution >= 4 is 0 Å². The minimum absolute atomic E-state index is 0.0348. The number of hydrogen-bond donors (Lipinski definition) is 2. The standard InChI is InChI=1S/C17H28N2O2/c1-12-9-10-15(13(19-12)11-18-17(2,3)4)21-16-8-6-5-7-14(16)20/h9-10,14,16,18,20H,5-8,11H2,1-4H3. The third kappa shape index (κ3) is 4.97. The smallest absolute Gasteiger partial charge is 0.142 e. The fourth-order valence-corrected chi connectivity index (χ4v) is 2.56. The van der Waals surface area contributed by atoms with Gasteiger partial charge in [-0.2, -0.15) is 0 Å². The lowest BCUT2D eigenvalue weighted by Crippen LogP contribution is -2.37. The average molecular weight is 292 g/mol. The number of ether oxygens (including phenoxy) is 1. The van der Waals surface area contributed by atoms with Gasteiger partial charge >= 0.3 is 0 Å². The summed E-state index contributed by atoms with van der Waals surface area (Å²) in [5.41, 5.74) is 1.94. The highest BCUT2D eigenvalue weighted by Gasteiger charge is 2.25. The van der Waals surface area contributed by atoms with Crippen molar-refractivity contribution in [2.45, 2.75) is 77.7 Å². The number of nitrogens with zero attached hydrogens (tertiary/aromatic N) is 1. The molecule has 1 aliphatic rings. The van der Waals surface area contributed by atoms with Crippen LogP contribution in [-0.2, 0) is 6.54 Å². The zero-order chi connectivity index (χ0) is 15.5. The van der Waals surface area contributed by atoms with Crippen molar-refractivity contribution in [3.63, 3.8) is 0 Å². The first-order valence-electron chi connectivity index (χ1n) is 7.91. The van der Waals surface area contributed by atoms with Gasteiger partial charge in [-0.05, 0) is 59.1 Å². The van der Waals surface area contributed by atoms with Gasteiger partial charge in [0.15, 0.2) is 0 Å². The first-order valence-corrected chi connectivity index (χ1v) is 7.91. The number of aromatic nitrogens is 1. The molecule has 2 rings (SSSR count). The van der Waals surface area contributed by atoms with Gasteiger partial charge in [-0.15, -0.1) is 0 Å². The molecule has 0 radical (unpaired) electrons. The van der Waals surface area contributed by atoms with Gasteiger partial charge in [0.2, 0.25) is 0 Å². The fraction of sp³-hybridized carbons (Fsp3) is 0.706. The van der Waals surface area contributed by atoms with Crippen LogP contribution in [0.5, 0.6) is 5.75 Å². The van der Waals surface area contributed by atoms with Crippen molar-refractivity contribution < 1.29 is 9.84 Å². The van der Waals surface area contributed by atoms with Gasteiger partial charge in [0.05, 0.1) is 11.8 Å². The number of rotatable bonds is 4. The molecule has 0 spiro atoms. The minimum Gasteiger partial charge on any atom is -0.486 e. The molecule has 1 aromatic heterocycles. The Bertz CT molecular complexity index is 468. The van der Waals surface area contributed by atoms with E-state index in [1.165, 1.54) is 0 Å². The summed E-state index contributed by atoms with van der Waals surface area (Å²) in [7, 11) is 0. The Morgan fingerprint density at radius 1 is 1.29 bits per heavy atom. The topological polar surface area (TPSA) is 54.4 Å². The van der Waals surface area contributed by atoms with E-state index < -0.39 is 0 Å². The molecule has 4 nitrogen and oxygen atoms in total. The quantitative estimate of drug-likeness (QED) is 0.896. The Kier molecular flexibility index (Phi) is 5.22. The van der Waals surface area contributed by atoms with Gasteiger partial charge in [-0.25, -0.2) is 0 Å². The van der Waals surface area contributed by atoms with Gasteiger partial charge in [0, 0.05) is 17.8 Å². The largest absolute Gasteiger partial charge is 0.486 e. The molecule has 1 fully saturated rings. The zero-order valence-corrected chi connectivity index (χ0v) is 13.6. The molecule has 4 heteroatoms. The number of nitrogens with one attached hydrogen (secondary N) is 1. The van der Waals surface area contributed by atoms with Crippen LogP contribution in [0, 0.1) is 6.92 Å². The van der Waals surface area contributed by atoms with Crippen molar-refractivity contribution in [3.05, 3.63) is 23.5 Å². The SMILES string of the molecule is Cc1ccc(OC2CCCCC2O)c(CNC(C)(C)C)n1. The Hall–Kier alpha value is -1.13. The molecule has 21 heavy (non-hydrogen) atoms. The van der Waals surface area contributed by atoms with Crippen LogP contribution in [0.3, 0.4) is 0 Å². The molecule has 2 atom stereocenters. The summed E-state index contributed by atoms with van der Waals surface area (Å²) in [6.45, 7) is 9.06. The maximum Gasteiger partial charge on any atom is 0.142 e. The predicted octanol–water partition coefficient (Wildman–Crippen LogP) is 2.96. The van der Waals surface area contributed by atoms with Crippen molar-refractivity contribution in [2.24, 2.45) is 0 Å². The lowest BCUT2D eigenvalue weighted by Gasteiger charge is -2.29. The van der Waals surface area contributed by atoms with Crippen LogP contribution in [0.25, 0.3) is 0 Å².